The number of anilines is 1. The van der Waals surface area contributed by atoms with Crippen LogP contribution in [0, 0.1) is 6.57 Å². The van der Waals surface area contributed by atoms with Gasteiger partial charge in [0.1, 0.15) is 11.3 Å². The van der Waals surface area contributed by atoms with E-state index in [1.807, 2.05) is 30.3 Å². The van der Waals surface area contributed by atoms with Gasteiger partial charge in [-0.05, 0) is 11.6 Å². The number of nitrogens with zero attached hydrogens (tertiary/aromatic N) is 2. The van der Waals surface area contributed by atoms with Crippen LogP contribution in [0.15, 0.2) is 42.6 Å². The quantitative estimate of drug-likeness (QED) is 0.587. The summed E-state index contributed by atoms with van der Waals surface area (Å²) in [4.78, 5) is 7.22. The Morgan fingerprint density at radius 2 is 2.05 bits per heavy atom. The molecular weight excluding hydrogens is 290 g/mol. The summed E-state index contributed by atoms with van der Waals surface area (Å²) in [5.74, 6) is 0. The summed E-state index contributed by atoms with van der Waals surface area (Å²) < 4.78 is 0. The Labute approximate surface area is 127 Å². The second-order valence-corrected chi connectivity index (χ2v) is 4.81. The number of rotatable bonds is 5. The highest BCUT2D eigenvalue weighted by Crippen LogP contribution is 2.31. The van der Waals surface area contributed by atoms with E-state index < -0.39 is 18.8 Å². The van der Waals surface area contributed by atoms with Crippen molar-refractivity contribution in [1.29, 1.82) is 0 Å². The van der Waals surface area contributed by atoms with Crippen molar-refractivity contribution in [2.45, 2.75) is 12.1 Å². The van der Waals surface area contributed by atoms with Gasteiger partial charge in [0.2, 0.25) is 5.69 Å². The third-order valence-electron chi connectivity index (χ3n) is 3.01. The maximum Gasteiger partial charge on any atom is 0.227 e. The number of nitrogens with one attached hydrogen (secondary N) is 1. The van der Waals surface area contributed by atoms with Crippen LogP contribution in [0.5, 0.6) is 0 Å². The molecule has 1 aromatic heterocycles. The topological polar surface area (TPSA) is 69.7 Å². The zero-order chi connectivity index (χ0) is 15.2. The smallest absolute Gasteiger partial charge is 0.227 e. The van der Waals surface area contributed by atoms with Crippen molar-refractivity contribution in [3.8, 4) is 0 Å². The maximum atomic E-state index is 10.0. The zero-order valence-corrected chi connectivity index (χ0v) is 11.8. The Morgan fingerprint density at radius 3 is 2.67 bits per heavy atom. The first-order valence-electron chi connectivity index (χ1n) is 6.29. The molecule has 0 aliphatic heterocycles. The van der Waals surface area contributed by atoms with Gasteiger partial charge in [0.25, 0.3) is 0 Å². The second kappa shape index (κ2) is 7.04. The van der Waals surface area contributed by atoms with E-state index in [9.17, 15) is 10.2 Å². The van der Waals surface area contributed by atoms with E-state index in [0.717, 1.165) is 5.56 Å². The lowest BCUT2D eigenvalue weighted by molar-refractivity contribution is 0.0795. The van der Waals surface area contributed by atoms with E-state index >= 15 is 0 Å². The van der Waals surface area contributed by atoms with Crippen molar-refractivity contribution in [1.82, 2.24) is 4.98 Å². The third-order valence-corrected chi connectivity index (χ3v) is 3.22. The second-order valence-electron chi connectivity index (χ2n) is 4.42. The number of hydrogen-bond acceptors (Lipinski definition) is 4. The molecule has 1 heterocycles. The minimum atomic E-state index is -1.02. The summed E-state index contributed by atoms with van der Waals surface area (Å²) in [6, 6.07) is 10.2. The predicted octanol–water partition coefficient (Wildman–Crippen LogP) is 2.79. The molecule has 2 rings (SSSR count). The normalized spacial score (nSPS) is 13.2. The van der Waals surface area contributed by atoms with Crippen molar-refractivity contribution >= 4 is 23.0 Å². The average molecular weight is 304 g/mol. The molecule has 0 saturated heterocycles. The van der Waals surface area contributed by atoms with E-state index in [-0.39, 0.29) is 5.15 Å². The fourth-order valence-corrected chi connectivity index (χ4v) is 2.12. The summed E-state index contributed by atoms with van der Waals surface area (Å²) in [5.41, 5.74) is 1.56. The highest BCUT2D eigenvalue weighted by molar-refractivity contribution is 6.29. The summed E-state index contributed by atoms with van der Waals surface area (Å²) in [5, 5.41) is 22.6. The van der Waals surface area contributed by atoms with Gasteiger partial charge in [-0.15, -0.1) is 0 Å². The largest absolute Gasteiger partial charge is 0.394 e. The van der Waals surface area contributed by atoms with Gasteiger partial charge in [0.05, 0.1) is 19.2 Å². The van der Waals surface area contributed by atoms with Crippen LogP contribution in [0.4, 0.5) is 11.4 Å². The van der Waals surface area contributed by atoms with Crippen LogP contribution in [0.2, 0.25) is 5.15 Å². The third kappa shape index (κ3) is 3.70. The van der Waals surface area contributed by atoms with Gasteiger partial charge in [-0.2, -0.15) is 0 Å². The standard InChI is InChI=1S/C15H14ClN3O2/c1-17-12-8-18-14(16)7-11(12)19-15(13(21)9-20)10-5-3-2-4-6-10/h2-8,13,15,20-21H,9H2,(H,18,19)/t13-,15+/m1/s1. The first-order valence-corrected chi connectivity index (χ1v) is 6.67. The number of aliphatic hydroxyl groups is 2. The molecule has 0 aliphatic carbocycles. The first-order chi connectivity index (χ1) is 10.2. The Hall–Kier alpha value is -2.13. The summed E-state index contributed by atoms with van der Waals surface area (Å²) in [6.07, 6.45) is 0.350. The zero-order valence-electron chi connectivity index (χ0n) is 11.1. The van der Waals surface area contributed by atoms with Crippen molar-refractivity contribution in [3.05, 3.63) is 64.7 Å². The minimum absolute atomic E-state index is 0.246. The number of halogens is 1. The molecule has 21 heavy (non-hydrogen) atoms. The Balaban J connectivity index is 2.36. The lowest BCUT2D eigenvalue weighted by atomic mass is 10.0. The molecule has 2 aromatic rings. The molecule has 0 saturated carbocycles. The van der Waals surface area contributed by atoms with Crippen LogP contribution in [-0.2, 0) is 0 Å². The molecule has 0 fully saturated rings. The van der Waals surface area contributed by atoms with Gasteiger partial charge in [0.15, 0.2) is 0 Å². The van der Waals surface area contributed by atoms with E-state index in [1.54, 1.807) is 0 Å². The van der Waals surface area contributed by atoms with Crippen LogP contribution < -0.4 is 5.32 Å². The number of hydrogen-bond donors (Lipinski definition) is 3. The maximum absolute atomic E-state index is 10.0. The Kier molecular flexibility index (Phi) is 5.12. The SMILES string of the molecule is [C-]#[N+]c1cnc(Cl)cc1N[C@@H](c1ccccc1)[C@H](O)CO. The van der Waals surface area contributed by atoms with Gasteiger partial charge in [-0.25, -0.2) is 4.85 Å². The van der Waals surface area contributed by atoms with Crippen molar-refractivity contribution in [3.63, 3.8) is 0 Å². The lowest BCUT2D eigenvalue weighted by Gasteiger charge is -2.25. The van der Waals surface area contributed by atoms with Crippen LogP contribution >= 0.6 is 11.6 Å². The van der Waals surface area contributed by atoms with Crippen molar-refractivity contribution in [2.75, 3.05) is 11.9 Å². The lowest BCUT2D eigenvalue weighted by Crippen LogP contribution is -2.28. The van der Waals surface area contributed by atoms with Gasteiger partial charge in [-0.1, -0.05) is 41.9 Å². The van der Waals surface area contributed by atoms with Crippen molar-refractivity contribution in [2.24, 2.45) is 0 Å². The molecular formula is C15H14ClN3O2. The molecule has 0 radical (unpaired) electrons. The monoisotopic (exact) mass is 303 g/mol. The van der Waals surface area contributed by atoms with Gasteiger partial charge < -0.3 is 15.5 Å². The summed E-state index contributed by atoms with van der Waals surface area (Å²) in [7, 11) is 0. The van der Waals surface area contributed by atoms with Crippen molar-refractivity contribution < 1.29 is 10.2 Å². The van der Waals surface area contributed by atoms with E-state index in [4.69, 9.17) is 18.2 Å². The van der Waals surface area contributed by atoms with Gasteiger partial charge in [0, 0.05) is 11.9 Å². The number of pyridine rings is 1. The van der Waals surface area contributed by atoms with Crippen LogP contribution in [0.1, 0.15) is 11.6 Å². The predicted molar refractivity (Wildman–Crippen MR) is 81.4 cm³/mol. The fraction of sp³-hybridized carbons (Fsp3) is 0.200. The molecule has 1 aromatic carbocycles. The summed E-state index contributed by atoms with van der Waals surface area (Å²) in [6.45, 7) is 6.74. The van der Waals surface area contributed by atoms with E-state index in [1.165, 1.54) is 12.3 Å². The molecule has 0 bridgehead atoms. The highest BCUT2D eigenvalue weighted by atomic mass is 35.5. The molecule has 2 atom stereocenters. The number of aromatic nitrogens is 1. The Morgan fingerprint density at radius 1 is 1.33 bits per heavy atom. The molecule has 0 spiro atoms. The minimum Gasteiger partial charge on any atom is -0.394 e. The first kappa shape index (κ1) is 15.3. The molecule has 5 nitrogen and oxygen atoms in total. The molecule has 0 unspecified atom stereocenters. The van der Waals surface area contributed by atoms with Gasteiger partial charge >= 0.3 is 0 Å². The Bertz CT molecular complexity index is 643. The highest BCUT2D eigenvalue weighted by Gasteiger charge is 2.21. The fourth-order valence-electron chi connectivity index (χ4n) is 1.96. The molecule has 6 heteroatoms. The molecule has 0 amide bonds. The molecule has 0 aliphatic rings. The molecule has 108 valence electrons. The average Bonchev–Trinajstić information content (AvgIpc) is 2.53. The van der Waals surface area contributed by atoms with Crippen LogP contribution in [0.3, 0.4) is 0 Å². The summed E-state index contributed by atoms with van der Waals surface area (Å²) >= 11 is 5.85. The van der Waals surface area contributed by atoms with E-state index in [0.29, 0.717) is 11.4 Å². The van der Waals surface area contributed by atoms with Crippen LogP contribution in [0.25, 0.3) is 4.85 Å². The number of aliphatic hydroxyl groups excluding tert-OH is 2. The van der Waals surface area contributed by atoms with E-state index in [2.05, 4.69) is 15.1 Å². The molecule has 3 N–H and O–H groups in total. The van der Waals surface area contributed by atoms with Gasteiger partial charge in [-0.3, -0.25) is 4.98 Å². The number of benzene rings is 1. The van der Waals surface area contributed by atoms with Crippen LogP contribution in [-0.4, -0.2) is 27.9 Å².